The maximum Gasteiger partial charge on any atom is 0.188 e. The van der Waals surface area contributed by atoms with E-state index in [0.717, 1.165) is 0 Å². The number of rotatable bonds is 3. The number of guanidine groups is 1. The van der Waals surface area contributed by atoms with Gasteiger partial charge in [-0.15, -0.1) is 24.0 Å². The Morgan fingerprint density at radius 3 is 2.75 bits per heavy atom. The van der Waals surface area contributed by atoms with E-state index in [4.69, 9.17) is 10.8 Å². The van der Waals surface area contributed by atoms with Crippen LogP contribution in [0.25, 0.3) is 0 Å². The van der Waals surface area contributed by atoms with Crippen molar-refractivity contribution in [1.82, 2.24) is 5.32 Å². The van der Waals surface area contributed by atoms with Gasteiger partial charge in [-0.25, -0.2) is 0 Å². The van der Waals surface area contributed by atoms with Crippen LogP contribution >= 0.6 is 24.0 Å². The van der Waals surface area contributed by atoms with Crippen molar-refractivity contribution in [2.75, 3.05) is 6.54 Å². The van der Waals surface area contributed by atoms with Gasteiger partial charge in [0.1, 0.15) is 0 Å². The number of halogens is 1. The first-order valence-electron chi connectivity index (χ1n) is 3.93. The number of nitrogens with two attached hydrogens (primary N) is 1. The molecule has 0 bridgehead atoms. The van der Waals surface area contributed by atoms with Gasteiger partial charge in [0.15, 0.2) is 5.96 Å². The van der Waals surface area contributed by atoms with Crippen molar-refractivity contribution in [3.63, 3.8) is 0 Å². The maximum atomic E-state index is 8.86. The third-order valence-corrected chi connectivity index (χ3v) is 1.46. The summed E-state index contributed by atoms with van der Waals surface area (Å²) in [5, 5.41) is 11.9. The Kier molecular flexibility index (Phi) is 5.56. The summed E-state index contributed by atoms with van der Waals surface area (Å²) < 4.78 is 0. The summed E-state index contributed by atoms with van der Waals surface area (Å²) in [6.07, 6.45) is 1.96. The molecule has 0 saturated heterocycles. The predicted molar refractivity (Wildman–Crippen MR) is 59.7 cm³/mol. The first-order valence-corrected chi connectivity index (χ1v) is 3.93. The number of nitrogens with zero attached hydrogens (tertiary/aromatic N) is 1. The Morgan fingerprint density at radius 2 is 2.33 bits per heavy atom. The van der Waals surface area contributed by atoms with Crippen LogP contribution in [0.5, 0.6) is 0 Å². The van der Waals surface area contributed by atoms with Crippen LogP contribution in [-0.2, 0) is 0 Å². The van der Waals surface area contributed by atoms with E-state index >= 15 is 0 Å². The van der Waals surface area contributed by atoms with Crippen molar-refractivity contribution in [2.24, 2.45) is 10.7 Å². The summed E-state index contributed by atoms with van der Waals surface area (Å²) in [7, 11) is 0. The van der Waals surface area contributed by atoms with Crippen molar-refractivity contribution < 1.29 is 5.11 Å². The first kappa shape index (κ1) is 12.0. The third-order valence-electron chi connectivity index (χ3n) is 1.46. The summed E-state index contributed by atoms with van der Waals surface area (Å²) >= 11 is 0. The van der Waals surface area contributed by atoms with Gasteiger partial charge in [-0.3, -0.25) is 4.99 Å². The van der Waals surface area contributed by atoms with E-state index in [-0.39, 0.29) is 24.0 Å². The van der Waals surface area contributed by atoms with Crippen LogP contribution < -0.4 is 11.1 Å². The molecule has 0 spiro atoms. The Hall–Kier alpha value is -0.0400. The SMILES string of the molecule is C[C@H](O)CN=C(N)NC1CC1.I. The van der Waals surface area contributed by atoms with E-state index in [1.807, 2.05) is 0 Å². The molecule has 12 heavy (non-hydrogen) atoms. The average Bonchev–Trinajstić information content (AvgIpc) is 2.67. The summed E-state index contributed by atoms with van der Waals surface area (Å²) in [6, 6.07) is 0.535. The second-order valence-electron chi connectivity index (χ2n) is 2.99. The molecule has 0 heterocycles. The van der Waals surface area contributed by atoms with Crippen LogP contribution in [-0.4, -0.2) is 29.8 Å². The molecule has 0 amide bonds. The quantitative estimate of drug-likeness (QED) is 0.390. The van der Waals surface area contributed by atoms with Gasteiger partial charge in [0.25, 0.3) is 0 Å². The van der Waals surface area contributed by atoms with Crippen LogP contribution in [0.1, 0.15) is 19.8 Å². The lowest BCUT2D eigenvalue weighted by molar-refractivity contribution is 0.204. The number of nitrogens with one attached hydrogen (secondary N) is 1. The van der Waals surface area contributed by atoms with Crippen LogP contribution in [0.2, 0.25) is 0 Å². The Morgan fingerprint density at radius 1 is 1.75 bits per heavy atom. The Bertz CT molecular complexity index is 157. The van der Waals surface area contributed by atoms with E-state index in [0.29, 0.717) is 18.5 Å². The lowest BCUT2D eigenvalue weighted by atomic mass is 10.4. The highest BCUT2D eigenvalue weighted by Gasteiger charge is 2.21. The van der Waals surface area contributed by atoms with E-state index in [1.54, 1.807) is 6.92 Å². The minimum atomic E-state index is -0.408. The topological polar surface area (TPSA) is 70.6 Å². The molecule has 72 valence electrons. The highest BCUT2D eigenvalue weighted by Crippen LogP contribution is 2.17. The van der Waals surface area contributed by atoms with Crippen molar-refractivity contribution >= 4 is 29.9 Å². The minimum Gasteiger partial charge on any atom is -0.391 e. The molecule has 1 saturated carbocycles. The van der Waals surface area contributed by atoms with E-state index in [9.17, 15) is 0 Å². The van der Waals surface area contributed by atoms with Gasteiger partial charge < -0.3 is 16.2 Å². The standard InChI is InChI=1S/C7H15N3O.HI/c1-5(11)4-9-7(8)10-6-2-3-6;/h5-6,11H,2-4H2,1H3,(H3,8,9,10);1H/t5-;/m0./s1. The fourth-order valence-corrected chi connectivity index (χ4v) is 0.713. The van der Waals surface area contributed by atoms with Crippen molar-refractivity contribution in [2.45, 2.75) is 31.9 Å². The third kappa shape index (κ3) is 5.59. The smallest absolute Gasteiger partial charge is 0.188 e. The summed E-state index contributed by atoms with van der Waals surface area (Å²) in [6.45, 7) is 2.07. The summed E-state index contributed by atoms with van der Waals surface area (Å²) in [5.41, 5.74) is 5.49. The minimum absolute atomic E-state index is 0. The number of aliphatic hydroxyl groups is 1. The van der Waals surface area contributed by atoms with Gasteiger partial charge >= 0.3 is 0 Å². The van der Waals surface area contributed by atoms with Crippen molar-refractivity contribution in [1.29, 1.82) is 0 Å². The maximum absolute atomic E-state index is 8.86. The molecule has 1 rings (SSSR count). The normalized spacial score (nSPS) is 19.7. The van der Waals surface area contributed by atoms with Gasteiger partial charge in [-0.2, -0.15) is 0 Å². The van der Waals surface area contributed by atoms with Crippen LogP contribution in [0, 0.1) is 0 Å². The molecular formula is C7H16IN3O. The molecule has 1 aliphatic rings. The lowest BCUT2D eigenvalue weighted by Crippen LogP contribution is -2.34. The highest BCUT2D eigenvalue weighted by atomic mass is 127. The number of hydrogen-bond donors (Lipinski definition) is 3. The Labute approximate surface area is 89.6 Å². The van der Waals surface area contributed by atoms with E-state index in [1.165, 1.54) is 12.8 Å². The molecule has 5 heteroatoms. The van der Waals surface area contributed by atoms with Crippen molar-refractivity contribution in [3.05, 3.63) is 0 Å². The number of aliphatic hydroxyl groups excluding tert-OH is 1. The zero-order valence-corrected chi connectivity index (χ0v) is 9.49. The fraction of sp³-hybridized carbons (Fsp3) is 0.857. The van der Waals surface area contributed by atoms with Gasteiger partial charge in [0.2, 0.25) is 0 Å². The molecular weight excluding hydrogens is 269 g/mol. The molecule has 0 aromatic carbocycles. The van der Waals surface area contributed by atoms with Crippen molar-refractivity contribution in [3.8, 4) is 0 Å². The molecule has 1 aliphatic carbocycles. The highest BCUT2D eigenvalue weighted by molar-refractivity contribution is 14.0. The largest absolute Gasteiger partial charge is 0.391 e. The monoisotopic (exact) mass is 285 g/mol. The zero-order chi connectivity index (χ0) is 8.27. The second-order valence-corrected chi connectivity index (χ2v) is 2.99. The molecule has 1 fully saturated rings. The van der Waals surface area contributed by atoms with Gasteiger partial charge in [-0.1, -0.05) is 0 Å². The van der Waals surface area contributed by atoms with Gasteiger partial charge in [-0.05, 0) is 19.8 Å². The van der Waals surface area contributed by atoms with Crippen LogP contribution in [0.15, 0.2) is 4.99 Å². The van der Waals surface area contributed by atoms with Gasteiger partial charge in [0.05, 0.1) is 12.6 Å². The molecule has 0 radical (unpaired) electrons. The molecule has 0 aromatic rings. The molecule has 4 N–H and O–H groups in total. The summed E-state index contributed by atoms with van der Waals surface area (Å²) in [4.78, 5) is 3.94. The number of aliphatic imine (C=N–C) groups is 1. The van der Waals surface area contributed by atoms with Crippen LogP contribution in [0.3, 0.4) is 0 Å². The molecule has 1 atom stereocenters. The number of hydrogen-bond acceptors (Lipinski definition) is 2. The Balaban J connectivity index is 0.00000121. The molecule has 0 aromatic heterocycles. The lowest BCUT2D eigenvalue weighted by Gasteiger charge is -2.03. The molecule has 0 aliphatic heterocycles. The predicted octanol–water partition coefficient (Wildman–Crippen LogP) is 0.0519. The molecule has 0 unspecified atom stereocenters. The van der Waals surface area contributed by atoms with Gasteiger partial charge in [0, 0.05) is 6.04 Å². The molecule has 4 nitrogen and oxygen atoms in total. The summed E-state index contributed by atoms with van der Waals surface area (Å²) in [5.74, 6) is 0.452. The first-order chi connectivity index (χ1) is 5.18. The van der Waals surface area contributed by atoms with Crippen LogP contribution in [0.4, 0.5) is 0 Å². The van der Waals surface area contributed by atoms with E-state index < -0.39 is 6.10 Å². The zero-order valence-electron chi connectivity index (χ0n) is 7.16. The second kappa shape index (κ2) is 5.58. The average molecular weight is 285 g/mol. The fourth-order valence-electron chi connectivity index (χ4n) is 0.713. The van der Waals surface area contributed by atoms with E-state index in [2.05, 4.69) is 10.3 Å².